The maximum absolute atomic E-state index is 12.4. The highest BCUT2D eigenvalue weighted by Gasteiger charge is 2.65. The number of rotatable bonds is 18. The molecule has 0 bridgehead atoms. The zero-order valence-electron chi connectivity index (χ0n) is 62.1. The molecule has 16 atom stereocenters. The van der Waals surface area contributed by atoms with Gasteiger partial charge in [0.25, 0.3) is 0 Å². The molecule has 0 radical (unpaired) electrons. The summed E-state index contributed by atoms with van der Waals surface area (Å²) >= 11 is 0. The number of nitrogens with one attached hydrogen (secondary N) is 2. The minimum absolute atomic E-state index is 0.00442. The minimum atomic E-state index is -1.03. The summed E-state index contributed by atoms with van der Waals surface area (Å²) in [7, 11) is 0. The highest BCUT2D eigenvalue weighted by molar-refractivity contribution is 5.94. The van der Waals surface area contributed by atoms with Crippen molar-refractivity contribution in [2.45, 2.75) is 253 Å². The Bertz CT molecular complexity index is 3540. The molecule has 0 unspecified atom stereocenters. The molecule has 0 aromatic carbocycles. The number of fused-ring (bicyclic) bond motifs is 12. The SMILES string of the molecule is C=C1C(=O)O[C@H]2[C@H]1CC/C(CO)=C\CC[C@@]1(C)O[C@@H]21.C=C1C(=O)O[C@H]2[C@H]1CC/C(COC(=O)CCC(=O)NCNC(=O)CCC(=O)OC/C1=C/CC[C@@]3(C)O[C@H]3[C@H]3OC(=O)C(=C)[C@@H]3CC1)=C\CC[C@@]1(C)O[C@@H]21.C=C1C(=O)O[C@H]2[C@H]1CC/C(COC(=O)CCC(=O)O)=C\CC[C@@]1(C)O[C@@H]21.NCN.O=C1CCC(=O)O1. The molecule has 592 valence electrons. The molecule has 0 aromatic rings. The molecule has 2 amide bonds. The number of cyclic esters (lactones) is 2. The van der Waals surface area contributed by atoms with Gasteiger partial charge in [0.15, 0.2) is 0 Å². The zero-order valence-corrected chi connectivity index (χ0v) is 62.1. The monoisotopic (exact) mass is 1510 g/mol. The number of aliphatic hydroxyl groups excluding tert-OH is 1. The summed E-state index contributed by atoms with van der Waals surface area (Å²) < 4.78 is 65.8. The standard InChI is InChI=1S/C39H50N2O12.C19H24O7.C15H20O4.C4H4O3.CH6N2/c1-22-26-11-9-24(7-5-17-38(3)34(52-38)32(26)50-36(22)46)19-48-30(44)15-13-28(42)40-21-41-29(43)14-16-31(45)49-20-25-8-6-18-39(4)35(53-39)33-27(12-10-25)23(2)37(47)51-33;1-11-13-6-5-12(10-24-15(22)8-7-14(20)21)4-3-9-19(2)17(26-19)16(13)25-18(11)23;1-9-11-6-5-10(8-16)4-3-7-15(2)13(19-15)12(11)18-14(9)17;5-3-1-2-4(6)7-3;2-1-3/h7-8,26-27,32-35H,1-2,5-6,9-21H2,3-4H3,(H,40,42)(H,41,43);4,13,16-17H,1,3,5-10H2,2H3,(H,20,21);4,11-13,16H,1,3,5-8H2,2H3;1-2H2;1-3H2/b24-7+,25-8+;12-4+;10-4+;;/t26-,27-,32-,33-,34-,35-,38+,39+;13-,16-,17-,19+;11-,12-,13-,15+;;/m000../s1. The van der Waals surface area contributed by atoms with Gasteiger partial charge in [0.2, 0.25) is 11.8 Å². The van der Waals surface area contributed by atoms with E-state index in [1.54, 1.807) is 0 Å². The Balaban J connectivity index is 0.000000200. The van der Waals surface area contributed by atoms with Crippen molar-refractivity contribution in [3.63, 3.8) is 0 Å². The van der Waals surface area contributed by atoms with Crippen LogP contribution in [0.1, 0.15) is 182 Å². The lowest BCUT2D eigenvalue weighted by molar-refractivity contribution is -0.152. The Hall–Kier alpha value is -8.52. The van der Waals surface area contributed by atoms with E-state index in [9.17, 15) is 62.6 Å². The molecule has 30 nitrogen and oxygen atoms in total. The lowest BCUT2D eigenvalue weighted by Crippen LogP contribution is -2.37. The lowest BCUT2D eigenvalue weighted by atomic mass is 9.84. The van der Waals surface area contributed by atoms with E-state index in [0.717, 1.165) is 86.5 Å². The maximum atomic E-state index is 12.4. The average Bonchev–Trinajstić information content (AvgIpc) is 1.60. The van der Waals surface area contributed by atoms with Crippen molar-refractivity contribution in [1.82, 2.24) is 10.6 Å². The van der Waals surface area contributed by atoms with Gasteiger partial charge < -0.3 is 89.2 Å². The van der Waals surface area contributed by atoms with E-state index < -0.39 is 47.6 Å². The summed E-state index contributed by atoms with van der Waals surface area (Å²) in [5, 5.41) is 23.0. The molecule has 0 aromatic heterocycles. The number of hydrogen-bond acceptors (Lipinski definition) is 27. The van der Waals surface area contributed by atoms with Gasteiger partial charge in [-0.1, -0.05) is 50.6 Å². The van der Waals surface area contributed by atoms with E-state index in [2.05, 4.69) is 72.2 Å². The third kappa shape index (κ3) is 22.1. The van der Waals surface area contributed by atoms with Gasteiger partial charge in [-0.2, -0.15) is 0 Å². The van der Waals surface area contributed by atoms with Crippen molar-refractivity contribution >= 4 is 71.5 Å². The molecular weight excluding hydrogens is 1410 g/mol. The molecule has 8 N–H and O–H groups in total. The number of ether oxygens (including phenoxy) is 12. The fourth-order valence-corrected chi connectivity index (χ4v) is 15.2. The zero-order chi connectivity index (χ0) is 78.4. The second-order valence-electron chi connectivity index (χ2n) is 30.2. The number of amides is 2. The van der Waals surface area contributed by atoms with Crippen LogP contribution in [0.15, 0.2) is 95.2 Å². The molecule has 9 heterocycles. The molecule has 4 aliphatic carbocycles. The molecule has 0 saturated carbocycles. The first-order valence-corrected chi connectivity index (χ1v) is 37.3. The molecule has 9 saturated heterocycles. The van der Waals surface area contributed by atoms with Crippen LogP contribution in [0.5, 0.6) is 0 Å². The number of allylic oxidation sites excluding steroid dienone is 4. The Morgan fingerprint density at radius 2 is 0.713 bits per heavy atom. The van der Waals surface area contributed by atoms with Crippen LogP contribution < -0.4 is 22.1 Å². The van der Waals surface area contributed by atoms with Crippen LogP contribution in [0, 0.1) is 23.7 Å². The van der Waals surface area contributed by atoms with E-state index in [1.165, 1.54) is 0 Å². The molecule has 13 aliphatic rings. The van der Waals surface area contributed by atoms with E-state index in [0.29, 0.717) is 60.8 Å². The number of carbonyl (C=O) groups excluding carboxylic acids is 11. The number of esters is 9. The highest BCUT2D eigenvalue weighted by Crippen LogP contribution is 2.54. The number of carboxylic acid groups (broad SMARTS) is 1. The van der Waals surface area contributed by atoms with Crippen molar-refractivity contribution < 1.29 is 125 Å². The number of aliphatic carboxylic acids is 1. The Morgan fingerprint density at radius 1 is 0.444 bits per heavy atom. The smallest absolute Gasteiger partial charge is 0.334 e. The Labute approximate surface area is 627 Å². The fraction of sp³-hybridized carbons (Fsp3) is 0.641. The number of hydrogen-bond donors (Lipinski definition) is 6. The van der Waals surface area contributed by atoms with Gasteiger partial charge >= 0.3 is 59.7 Å². The van der Waals surface area contributed by atoms with Gasteiger partial charge in [-0.3, -0.25) is 38.4 Å². The minimum Gasteiger partial charge on any atom is -0.481 e. The van der Waals surface area contributed by atoms with E-state index >= 15 is 0 Å². The number of carboxylic acids is 1. The van der Waals surface area contributed by atoms with Gasteiger partial charge in [0.1, 0.15) is 68.7 Å². The van der Waals surface area contributed by atoms with Gasteiger partial charge in [-0.15, -0.1) is 0 Å². The fourth-order valence-electron chi connectivity index (χ4n) is 15.2. The number of aliphatic hydroxyl groups is 1. The Kier molecular flexibility index (Phi) is 28.5. The van der Waals surface area contributed by atoms with Crippen LogP contribution in [-0.2, 0) is 114 Å². The van der Waals surface area contributed by atoms with E-state index in [-0.39, 0.29) is 210 Å². The van der Waals surface area contributed by atoms with Crippen LogP contribution >= 0.6 is 0 Å². The molecule has 9 aliphatic heterocycles. The molecular formula is C78H104N4O26. The van der Waals surface area contributed by atoms with Gasteiger partial charge in [0, 0.05) is 65.5 Å². The molecule has 9 fully saturated rings. The summed E-state index contributed by atoms with van der Waals surface area (Å²) in [5.41, 5.74) is 13.8. The van der Waals surface area contributed by atoms with E-state index in [1.807, 2.05) is 32.9 Å². The molecule has 30 heteroatoms. The number of carbonyl (C=O) groups is 12. The summed E-state index contributed by atoms with van der Waals surface area (Å²) in [6.45, 7) is 24.2. The van der Waals surface area contributed by atoms with Crippen LogP contribution in [0.25, 0.3) is 0 Å². The van der Waals surface area contributed by atoms with Crippen molar-refractivity contribution in [3.8, 4) is 0 Å². The first-order chi connectivity index (χ1) is 51.3. The van der Waals surface area contributed by atoms with Gasteiger partial charge in [-0.05, 0) is 153 Å². The first kappa shape index (κ1) is 83.5. The van der Waals surface area contributed by atoms with Crippen LogP contribution in [0.3, 0.4) is 0 Å². The summed E-state index contributed by atoms with van der Waals surface area (Å²) in [6, 6.07) is 0. The normalized spacial score (nSPS) is 35.1. The maximum Gasteiger partial charge on any atom is 0.334 e. The van der Waals surface area contributed by atoms with Crippen molar-refractivity contribution in [3.05, 3.63) is 95.2 Å². The van der Waals surface area contributed by atoms with Crippen molar-refractivity contribution in [2.75, 3.05) is 39.8 Å². The van der Waals surface area contributed by atoms with E-state index in [4.69, 9.17) is 57.2 Å². The number of nitrogens with two attached hydrogens (primary N) is 2. The summed E-state index contributed by atoms with van der Waals surface area (Å²) in [4.78, 5) is 140. The number of epoxide rings is 4. The highest BCUT2D eigenvalue weighted by atomic mass is 16.7. The van der Waals surface area contributed by atoms with Crippen LogP contribution in [0.4, 0.5) is 0 Å². The molecule has 0 spiro atoms. The quantitative estimate of drug-likeness (QED) is 0.0176. The van der Waals surface area contributed by atoms with Crippen molar-refractivity contribution in [2.24, 2.45) is 35.1 Å². The largest absolute Gasteiger partial charge is 0.481 e. The first-order valence-electron chi connectivity index (χ1n) is 37.3. The van der Waals surface area contributed by atoms with Gasteiger partial charge in [-0.25, -0.2) is 19.2 Å². The summed E-state index contributed by atoms with van der Waals surface area (Å²) in [5.74, 6) is -6.10. The van der Waals surface area contributed by atoms with Gasteiger partial charge in [0.05, 0.1) is 74.2 Å². The second-order valence-corrected chi connectivity index (χ2v) is 30.2. The Morgan fingerprint density at radius 3 is 0.972 bits per heavy atom. The lowest BCUT2D eigenvalue weighted by Gasteiger charge is -2.20. The summed E-state index contributed by atoms with van der Waals surface area (Å²) in [6.07, 6.45) is 18.1. The third-order valence-corrected chi connectivity index (χ3v) is 22.2. The predicted octanol–water partition coefficient (Wildman–Crippen LogP) is 5.93. The van der Waals surface area contributed by atoms with Crippen LogP contribution in [0.2, 0.25) is 0 Å². The third-order valence-electron chi connectivity index (χ3n) is 22.2. The molecule has 13 rings (SSSR count). The molecule has 108 heavy (non-hydrogen) atoms. The average molecular weight is 1510 g/mol. The second kappa shape index (κ2) is 36.8. The predicted molar refractivity (Wildman–Crippen MR) is 379 cm³/mol. The topological polar surface area (TPSA) is 445 Å². The van der Waals surface area contributed by atoms with Crippen molar-refractivity contribution in [1.29, 1.82) is 0 Å². The van der Waals surface area contributed by atoms with Crippen LogP contribution in [-0.4, -0.2) is 193 Å².